The molecule has 0 aliphatic rings. The van der Waals surface area contributed by atoms with Crippen molar-refractivity contribution in [2.24, 2.45) is 10.2 Å². The fraction of sp³-hybridized carbons (Fsp3) is 0.500. The number of sulfonamides is 1. The van der Waals surface area contributed by atoms with E-state index < -0.39 is 15.6 Å². The van der Waals surface area contributed by atoms with Crippen molar-refractivity contribution in [3.63, 3.8) is 0 Å². The summed E-state index contributed by atoms with van der Waals surface area (Å²) in [4.78, 5) is 12.2. The van der Waals surface area contributed by atoms with Gasteiger partial charge in [0.1, 0.15) is 10.6 Å². The van der Waals surface area contributed by atoms with E-state index in [0.29, 0.717) is 18.7 Å². The highest BCUT2D eigenvalue weighted by Gasteiger charge is 2.26. The number of hydrogen-bond acceptors (Lipinski definition) is 7. The van der Waals surface area contributed by atoms with E-state index in [2.05, 4.69) is 10.2 Å². The average Bonchev–Trinajstić information content (AvgIpc) is 2.73. The van der Waals surface area contributed by atoms with Gasteiger partial charge in [0, 0.05) is 33.3 Å². The van der Waals surface area contributed by atoms with Crippen LogP contribution >= 0.6 is 0 Å². The highest BCUT2D eigenvalue weighted by molar-refractivity contribution is 7.89. The standard InChI is InChI=1S/C22H33N5O4S/c1-6-8-14-26(15-9-7-2)32(30,31)19-13-11-10-12-18(19)23-24-21-17(3)16-20(28)27(22(21)29)25(4)5/h10-13,16,29H,6-9,14-15H2,1-5H3/b24-23+. The highest BCUT2D eigenvalue weighted by atomic mass is 32.2. The Kier molecular flexibility index (Phi) is 8.97. The summed E-state index contributed by atoms with van der Waals surface area (Å²) in [6.07, 6.45) is 3.32. The lowest BCUT2D eigenvalue weighted by Crippen LogP contribution is -2.35. The van der Waals surface area contributed by atoms with E-state index in [1.165, 1.54) is 21.4 Å². The van der Waals surface area contributed by atoms with Crippen molar-refractivity contribution >= 4 is 21.4 Å². The minimum atomic E-state index is -3.78. The van der Waals surface area contributed by atoms with Crippen LogP contribution in [0, 0.1) is 6.92 Å². The number of benzene rings is 1. The number of aromatic nitrogens is 1. The summed E-state index contributed by atoms with van der Waals surface area (Å²) in [7, 11) is -0.552. The van der Waals surface area contributed by atoms with Gasteiger partial charge in [0.25, 0.3) is 5.56 Å². The van der Waals surface area contributed by atoms with Crippen LogP contribution in [0.4, 0.5) is 11.4 Å². The van der Waals surface area contributed by atoms with Crippen LogP contribution in [0.3, 0.4) is 0 Å². The predicted molar refractivity (Wildman–Crippen MR) is 126 cm³/mol. The average molecular weight is 464 g/mol. The van der Waals surface area contributed by atoms with Crippen molar-refractivity contribution in [2.45, 2.75) is 51.3 Å². The minimum Gasteiger partial charge on any atom is -0.492 e. The Labute approximate surface area is 190 Å². The third-order valence-electron chi connectivity index (χ3n) is 5.00. The molecule has 1 N–H and O–H groups in total. The quantitative estimate of drug-likeness (QED) is 0.506. The molecule has 2 rings (SSSR count). The van der Waals surface area contributed by atoms with Gasteiger partial charge in [0.15, 0.2) is 5.69 Å². The van der Waals surface area contributed by atoms with Gasteiger partial charge in [-0.1, -0.05) is 38.8 Å². The summed E-state index contributed by atoms with van der Waals surface area (Å²) < 4.78 is 29.4. The first-order valence-corrected chi connectivity index (χ1v) is 12.2. The Morgan fingerprint density at radius 3 is 2.19 bits per heavy atom. The van der Waals surface area contributed by atoms with Crippen LogP contribution in [-0.2, 0) is 10.0 Å². The lowest BCUT2D eigenvalue weighted by molar-refractivity contribution is 0.395. The maximum absolute atomic E-state index is 13.4. The van der Waals surface area contributed by atoms with Crippen molar-refractivity contribution in [2.75, 3.05) is 32.2 Å². The molecule has 0 aliphatic carbocycles. The number of unbranched alkanes of at least 4 members (excludes halogenated alkanes) is 2. The van der Waals surface area contributed by atoms with Crippen LogP contribution in [-0.4, -0.2) is 49.7 Å². The molecule has 0 bridgehead atoms. The van der Waals surface area contributed by atoms with Gasteiger partial charge in [-0.05, 0) is 37.5 Å². The van der Waals surface area contributed by atoms with Crippen molar-refractivity contribution < 1.29 is 13.5 Å². The van der Waals surface area contributed by atoms with Gasteiger partial charge in [-0.25, -0.2) is 8.42 Å². The molecule has 0 saturated heterocycles. The fourth-order valence-corrected chi connectivity index (χ4v) is 4.87. The fourth-order valence-electron chi connectivity index (χ4n) is 3.23. The molecule has 176 valence electrons. The van der Waals surface area contributed by atoms with E-state index in [9.17, 15) is 18.3 Å². The van der Waals surface area contributed by atoms with Crippen LogP contribution in [0.2, 0.25) is 0 Å². The predicted octanol–water partition coefficient (Wildman–Crippen LogP) is 4.07. The monoisotopic (exact) mass is 463 g/mol. The summed E-state index contributed by atoms with van der Waals surface area (Å²) in [6.45, 7) is 6.56. The summed E-state index contributed by atoms with van der Waals surface area (Å²) in [5.41, 5.74) is 0.294. The third-order valence-corrected chi connectivity index (χ3v) is 6.94. The smallest absolute Gasteiger partial charge is 0.272 e. The summed E-state index contributed by atoms with van der Waals surface area (Å²) >= 11 is 0. The number of pyridine rings is 1. The second-order valence-corrected chi connectivity index (χ2v) is 9.68. The molecule has 1 heterocycles. The Morgan fingerprint density at radius 2 is 1.62 bits per heavy atom. The summed E-state index contributed by atoms with van der Waals surface area (Å²) in [5.74, 6) is -0.364. The SMILES string of the molecule is CCCCN(CCCC)S(=O)(=O)c1ccccc1/N=N/c1c(C)cc(=O)n(N(C)C)c1O. The molecule has 9 nitrogen and oxygen atoms in total. The molecule has 1 aromatic carbocycles. The van der Waals surface area contributed by atoms with Gasteiger partial charge in [-0.2, -0.15) is 8.98 Å². The molecule has 0 spiro atoms. The summed E-state index contributed by atoms with van der Waals surface area (Å²) in [5, 5.41) is 20.3. The normalized spacial score (nSPS) is 12.1. The zero-order valence-electron chi connectivity index (χ0n) is 19.4. The molecule has 0 aliphatic heterocycles. The molecule has 32 heavy (non-hydrogen) atoms. The van der Waals surface area contributed by atoms with Crippen molar-refractivity contribution in [3.8, 4) is 5.88 Å². The second-order valence-electron chi connectivity index (χ2n) is 7.78. The number of nitrogens with zero attached hydrogens (tertiary/aromatic N) is 5. The van der Waals surface area contributed by atoms with E-state index in [1.807, 2.05) is 13.8 Å². The Morgan fingerprint density at radius 1 is 1.03 bits per heavy atom. The maximum Gasteiger partial charge on any atom is 0.272 e. The van der Waals surface area contributed by atoms with E-state index in [0.717, 1.165) is 30.4 Å². The summed E-state index contributed by atoms with van der Waals surface area (Å²) in [6, 6.07) is 7.76. The third kappa shape index (κ3) is 5.74. The lowest BCUT2D eigenvalue weighted by atomic mass is 10.2. The van der Waals surface area contributed by atoms with Gasteiger partial charge in [0.2, 0.25) is 15.9 Å². The second kappa shape index (κ2) is 11.2. The van der Waals surface area contributed by atoms with Gasteiger partial charge in [0.05, 0.1) is 0 Å². The molecule has 0 saturated carbocycles. The largest absolute Gasteiger partial charge is 0.492 e. The minimum absolute atomic E-state index is 0.0639. The first-order valence-electron chi connectivity index (χ1n) is 10.8. The number of rotatable bonds is 11. The molecule has 10 heteroatoms. The highest BCUT2D eigenvalue weighted by Crippen LogP contribution is 2.33. The van der Waals surface area contributed by atoms with Crippen molar-refractivity contribution in [3.05, 3.63) is 46.2 Å². The molecular formula is C22H33N5O4S. The maximum atomic E-state index is 13.4. The van der Waals surface area contributed by atoms with Crippen LogP contribution in [0.5, 0.6) is 5.88 Å². The van der Waals surface area contributed by atoms with Crippen LogP contribution < -0.4 is 10.6 Å². The first-order chi connectivity index (χ1) is 15.1. The number of azo groups is 1. The van der Waals surface area contributed by atoms with Crippen molar-refractivity contribution in [1.82, 2.24) is 8.98 Å². The molecule has 2 aromatic rings. The van der Waals surface area contributed by atoms with Crippen LogP contribution in [0.25, 0.3) is 0 Å². The zero-order chi connectivity index (χ0) is 23.9. The molecule has 0 radical (unpaired) electrons. The van der Waals surface area contributed by atoms with Gasteiger partial charge >= 0.3 is 0 Å². The van der Waals surface area contributed by atoms with Crippen LogP contribution in [0.1, 0.15) is 45.1 Å². The first kappa shape index (κ1) is 25.5. The molecule has 0 atom stereocenters. The van der Waals surface area contributed by atoms with Crippen LogP contribution in [0.15, 0.2) is 50.3 Å². The van der Waals surface area contributed by atoms with Gasteiger partial charge < -0.3 is 10.1 Å². The topological polar surface area (TPSA) is 108 Å². The zero-order valence-corrected chi connectivity index (χ0v) is 20.3. The van der Waals surface area contributed by atoms with Gasteiger partial charge in [-0.3, -0.25) is 4.79 Å². The lowest BCUT2D eigenvalue weighted by Gasteiger charge is -2.22. The molecular weight excluding hydrogens is 430 g/mol. The number of aromatic hydroxyl groups is 1. The molecule has 1 aromatic heterocycles. The molecule has 0 amide bonds. The van der Waals surface area contributed by atoms with Crippen molar-refractivity contribution in [1.29, 1.82) is 0 Å². The molecule has 0 fully saturated rings. The van der Waals surface area contributed by atoms with E-state index in [4.69, 9.17) is 0 Å². The Hall–Kier alpha value is -2.72. The Bertz CT molecular complexity index is 1100. The molecule has 0 unspecified atom stereocenters. The Balaban J connectivity index is 2.52. The van der Waals surface area contributed by atoms with E-state index in [1.54, 1.807) is 39.2 Å². The van der Waals surface area contributed by atoms with Gasteiger partial charge in [-0.15, -0.1) is 10.2 Å². The number of hydrogen-bond donors (Lipinski definition) is 1. The van der Waals surface area contributed by atoms with E-state index >= 15 is 0 Å². The van der Waals surface area contributed by atoms with E-state index in [-0.39, 0.29) is 22.2 Å². The number of aryl methyl sites for hydroxylation is 1.